The maximum Gasteiger partial charge on any atom is 0.236 e. The van der Waals surface area contributed by atoms with Crippen LogP contribution >= 0.6 is 11.8 Å². The summed E-state index contributed by atoms with van der Waals surface area (Å²) in [6.07, 6.45) is 1.63. The summed E-state index contributed by atoms with van der Waals surface area (Å²) in [5.74, 6) is -0.121. The second-order valence-electron chi connectivity index (χ2n) is 5.77. The van der Waals surface area contributed by atoms with Gasteiger partial charge in [-0.25, -0.2) is 4.39 Å². The fourth-order valence-corrected chi connectivity index (χ4v) is 3.56. The number of benzene rings is 1. The van der Waals surface area contributed by atoms with Crippen molar-refractivity contribution < 1.29 is 9.18 Å². The maximum absolute atomic E-state index is 13.0. The van der Waals surface area contributed by atoms with E-state index in [1.54, 1.807) is 23.0 Å². The van der Waals surface area contributed by atoms with E-state index in [0.29, 0.717) is 13.1 Å². The molecule has 1 aromatic carbocycles. The number of hydrogen-bond acceptors (Lipinski definition) is 5. The minimum Gasteiger partial charge on any atom is -0.368 e. The maximum atomic E-state index is 13.0. The normalized spacial score (nSPS) is 16.3. The Hall–Kier alpha value is -2.09. The fourth-order valence-electron chi connectivity index (χ4n) is 2.68. The molecule has 1 atom stereocenters. The molecule has 1 amide bonds. The summed E-state index contributed by atoms with van der Waals surface area (Å²) in [6.45, 7) is 4.73. The number of hydrogen-bond donors (Lipinski definition) is 0. The Bertz CT molecular complexity index is 697. The molecule has 1 saturated heterocycles. The lowest BCUT2D eigenvalue weighted by molar-refractivity contribution is -0.130. The van der Waals surface area contributed by atoms with E-state index in [0.717, 1.165) is 23.9 Å². The van der Waals surface area contributed by atoms with Crippen LogP contribution in [0.1, 0.15) is 6.92 Å². The van der Waals surface area contributed by atoms with Gasteiger partial charge in [0, 0.05) is 38.9 Å². The highest BCUT2D eigenvalue weighted by Gasteiger charge is 2.26. The molecule has 2 aromatic rings. The molecule has 3 rings (SSSR count). The van der Waals surface area contributed by atoms with Crippen LogP contribution < -0.4 is 4.90 Å². The van der Waals surface area contributed by atoms with E-state index in [-0.39, 0.29) is 17.0 Å². The van der Waals surface area contributed by atoms with E-state index in [9.17, 15) is 9.18 Å². The third-order valence-corrected chi connectivity index (χ3v) is 5.22. The highest BCUT2D eigenvalue weighted by atomic mass is 32.2. The van der Waals surface area contributed by atoms with Gasteiger partial charge in [-0.15, -0.1) is 10.2 Å². The summed E-state index contributed by atoms with van der Waals surface area (Å²) in [5.41, 5.74) is 0.991. The molecular weight excluding hydrogens is 329 g/mol. The predicted octanol–water partition coefficient (Wildman–Crippen LogP) is 1.78. The van der Waals surface area contributed by atoms with E-state index in [1.807, 2.05) is 18.9 Å². The first kappa shape index (κ1) is 16.8. The average Bonchev–Trinajstić information content (AvgIpc) is 3.00. The van der Waals surface area contributed by atoms with Gasteiger partial charge in [0.2, 0.25) is 5.91 Å². The molecule has 1 aliphatic rings. The Kier molecular flexibility index (Phi) is 5.03. The van der Waals surface area contributed by atoms with Crippen LogP contribution in [0.3, 0.4) is 0 Å². The highest BCUT2D eigenvalue weighted by molar-refractivity contribution is 8.00. The fraction of sp³-hybridized carbons (Fsp3) is 0.438. The van der Waals surface area contributed by atoms with Gasteiger partial charge in [0.1, 0.15) is 12.1 Å². The average molecular weight is 349 g/mol. The number of piperazine rings is 1. The second kappa shape index (κ2) is 7.21. The number of halogens is 1. The van der Waals surface area contributed by atoms with Gasteiger partial charge in [0.05, 0.1) is 5.25 Å². The van der Waals surface area contributed by atoms with Crippen LogP contribution in [0.2, 0.25) is 0 Å². The summed E-state index contributed by atoms with van der Waals surface area (Å²) in [4.78, 5) is 16.7. The molecule has 24 heavy (non-hydrogen) atoms. The van der Waals surface area contributed by atoms with Crippen molar-refractivity contribution in [2.24, 2.45) is 7.05 Å². The lowest BCUT2D eigenvalue weighted by atomic mass is 10.2. The zero-order valence-corrected chi connectivity index (χ0v) is 14.5. The molecule has 0 radical (unpaired) electrons. The standard InChI is InChI=1S/C16H20FN5OS/c1-12(24-16-19-18-11-20(16)2)15(23)22-9-7-21(8-10-22)14-5-3-13(17)4-6-14/h3-6,11-12H,7-10H2,1-2H3. The van der Waals surface area contributed by atoms with Gasteiger partial charge >= 0.3 is 0 Å². The van der Waals surface area contributed by atoms with Crippen molar-refractivity contribution in [1.29, 1.82) is 0 Å². The van der Waals surface area contributed by atoms with Gasteiger partial charge in [0.25, 0.3) is 0 Å². The number of anilines is 1. The number of nitrogens with zero attached hydrogens (tertiary/aromatic N) is 5. The molecule has 0 spiro atoms. The molecule has 6 nitrogen and oxygen atoms in total. The Labute approximate surface area is 144 Å². The Morgan fingerprint density at radius 1 is 1.21 bits per heavy atom. The Morgan fingerprint density at radius 3 is 2.46 bits per heavy atom. The monoisotopic (exact) mass is 349 g/mol. The molecule has 0 bridgehead atoms. The Morgan fingerprint density at radius 2 is 1.88 bits per heavy atom. The first-order chi connectivity index (χ1) is 11.5. The van der Waals surface area contributed by atoms with Crippen LogP contribution in [-0.4, -0.2) is 57.0 Å². The smallest absolute Gasteiger partial charge is 0.236 e. The van der Waals surface area contributed by atoms with Gasteiger partial charge in [-0.2, -0.15) is 0 Å². The van der Waals surface area contributed by atoms with E-state index in [1.165, 1.54) is 23.9 Å². The third-order valence-electron chi connectivity index (χ3n) is 4.08. The zero-order valence-electron chi connectivity index (χ0n) is 13.7. The molecule has 1 unspecified atom stereocenters. The van der Waals surface area contributed by atoms with Gasteiger partial charge in [0.15, 0.2) is 5.16 Å². The van der Waals surface area contributed by atoms with Crippen molar-refractivity contribution >= 4 is 23.4 Å². The van der Waals surface area contributed by atoms with Crippen molar-refractivity contribution in [1.82, 2.24) is 19.7 Å². The van der Waals surface area contributed by atoms with E-state index >= 15 is 0 Å². The van der Waals surface area contributed by atoms with Crippen molar-refractivity contribution in [2.75, 3.05) is 31.1 Å². The second-order valence-corrected chi connectivity index (χ2v) is 7.08. The lowest BCUT2D eigenvalue weighted by Crippen LogP contribution is -2.50. The summed E-state index contributed by atoms with van der Waals surface area (Å²) >= 11 is 1.42. The van der Waals surface area contributed by atoms with E-state index in [4.69, 9.17) is 0 Å². The number of aromatic nitrogens is 3. The van der Waals surface area contributed by atoms with Crippen LogP contribution in [0.5, 0.6) is 0 Å². The largest absolute Gasteiger partial charge is 0.368 e. The number of carbonyl (C=O) groups excluding carboxylic acids is 1. The van der Waals surface area contributed by atoms with Crippen LogP contribution in [0, 0.1) is 5.82 Å². The molecule has 128 valence electrons. The lowest BCUT2D eigenvalue weighted by Gasteiger charge is -2.37. The molecule has 0 N–H and O–H groups in total. The summed E-state index contributed by atoms with van der Waals surface area (Å²) in [7, 11) is 1.86. The zero-order chi connectivity index (χ0) is 17.1. The number of aryl methyl sites for hydroxylation is 1. The number of thioether (sulfide) groups is 1. The quantitative estimate of drug-likeness (QED) is 0.788. The van der Waals surface area contributed by atoms with Gasteiger partial charge in [-0.05, 0) is 31.2 Å². The molecule has 0 saturated carbocycles. The Balaban J connectivity index is 1.54. The van der Waals surface area contributed by atoms with Crippen molar-refractivity contribution in [3.05, 3.63) is 36.4 Å². The summed E-state index contributed by atoms with van der Waals surface area (Å²) < 4.78 is 14.8. The van der Waals surface area contributed by atoms with Crippen LogP contribution in [-0.2, 0) is 11.8 Å². The van der Waals surface area contributed by atoms with Crippen molar-refractivity contribution in [3.8, 4) is 0 Å². The molecule has 1 aliphatic heterocycles. The first-order valence-corrected chi connectivity index (χ1v) is 8.72. The van der Waals surface area contributed by atoms with Crippen LogP contribution in [0.15, 0.2) is 35.7 Å². The summed E-state index contributed by atoms with van der Waals surface area (Å²) in [5, 5.41) is 8.37. The van der Waals surface area contributed by atoms with Gasteiger partial charge < -0.3 is 14.4 Å². The first-order valence-electron chi connectivity index (χ1n) is 7.84. The minimum atomic E-state index is -0.234. The molecule has 1 aromatic heterocycles. The number of amides is 1. The van der Waals surface area contributed by atoms with E-state index < -0.39 is 0 Å². The van der Waals surface area contributed by atoms with Crippen molar-refractivity contribution in [3.63, 3.8) is 0 Å². The van der Waals surface area contributed by atoms with Crippen molar-refractivity contribution in [2.45, 2.75) is 17.3 Å². The highest BCUT2D eigenvalue weighted by Crippen LogP contribution is 2.23. The molecule has 2 heterocycles. The molecule has 0 aliphatic carbocycles. The number of carbonyl (C=O) groups is 1. The third kappa shape index (κ3) is 3.69. The predicted molar refractivity (Wildman–Crippen MR) is 91.5 cm³/mol. The van der Waals surface area contributed by atoms with E-state index in [2.05, 4.69) is 15.1 Å². The summed E-state index contributed by atoms with van der Waals surface area (Å²) in [6, 6.07) is 6.48. The molecule has 8 heteroatoms. The van der Waals surface area contributed by atoms with Gasteiger partial charge in [-0.3, -0.25) is 4.79 Å². The number of rotatable bonds is 4. The van der Waals surface area contributed by atoms with Gasteiger partial charge in [-0.1, -0.05) is 11.8 Å². The van der Waals surface area contributed by atoms with Crippen LogP contribution in [0.25, 0.3) is 0 Å². The van der Waals surface area contributed by atoms with Crippen LogP contribution in [0.4, 0.5) is 10.1 Å². The minimum absolute atomic E-state index is 0.113. The SMILES string of the molecule is CC(Sc1nncn1C)C(=O)N1CCN(c2ccc(F)cc2)CC1. The molecular formula is C16H20FN5OS. The topological polar surface area (TPSA) is 54.3 Å². The molecule has 1 fully saturated rings.